The van der Waals surface area contributed by atoms with Gasteiger partial charge < -0.3 is 25.7 Å². The topological polar surface area (TPSA) is 139 Å². The molecule has 2 unspecified atom stereocenters. The molecule has 3 aromatic rings. The maximum absolute atomic E-state index is 12.8. The van der Waals surface area contributed by atoms with Crippen LogP contribution in [0.15, 0.2) is 42.6 Å². The molecule has 0 bridgehead atoms. The number of rotatable bonds is 17. The zero-order valence-electron chi connectivity index (χ0n) is 26.3. The fourth-order valence-corrected chi connectivity index (χ4v) is 6.40. The molecule has 1 aliphatic rings. The van der Waals surface area contributed by atoms with Crippen LogP contribution in [-0.4, -0.2) is 45.5 Å². The van der Waals surface area contributed by atoms with Crippen molar-refractivity contribution in [1.82, 2.24) is 9.97 Å². The number of aromatic amines is 1. The number of aromatic nitrogens is 2. The number of methoxy groups -OCH3 is 1. The molecule has 4 rings (SSSR count). The Balaban J connectivity index is 1.64. The van der Waals surface area contributed by atoms with Gasteiger partial charge >= 0.3 is 0 Å². The number of pyridine rings is 1. The Morgan fingerprint density at radius 1 is 1.02 bits per heavy atom. The highest BCUT2D eigenvalue weighted by Gasteiger charge is 2.44. The number of aromatic hydroxyl groups is 1. The summed E-state index contributed by atoms with van der Waals surface area (Å²) in [5, 5.41) is 22.6. The number of nitrogens with zero attached hydrogens (tertiary/aromatic N) is 1. The van der Waals surface area contributed by atoms with Gasteiger partial charge in [0.25, 0.3) is 0 Å². The van der Waals surface area contributed by atoms with Crippen LogP contribution < -0.4 is 10.5 Å². The number of Topliss-reactive ketones (excluding diaryl/α,β-unsaturated/α-hetero) is 2. The molecule has 5 N–H and O–H groups in total. The number of aliphatic hydroxyl groups excluding tert-OH is 1. The Morgan fingerprint density at radius 2 is 1.77 bits per heavy atom. The van der Waals surface area contributed by atoms with E-state index in [4.69, 9.17) is 10.5 Å². The molecule has 0 spiro atoms. The fourth-order valence-electron chi connectivity index (χ4n) is 6.40. The molecule has 8 nitrogen and oxygen atoms in total. The van der Waals surface area contributed by atoms with Crippen LogP contribution in [0.4, 0.5) is 5.82 Å². The second-order valence-corrected chi connectivity index (χ2v) is 12.1. The average molecular weight is 602 g/mol. The largest absolute Gasteiger partial charge is 0.504 e. The van der Waals surface area contributed by atoms with Crippen LogP contribution in [0.2, 0.25) is 0 Å². The van der Waals surface area contributed by atoms with Crippen LogP contribution in [0, 0.1) is 5.41 Å². The number of H-pyrrole nitrogens is 1. The number of phenolic OH excluding ortho intramolecular Hbond substituents is 1. The van der Waals surface area contributed by atoms with Gasteiger partial charge in [-0.3, -0.25) is 9.59 Å². The Hall–Kier alpha value is -3.91. The van der Waals surface area contributed by atoms with Gasteiger partial charge in [-0.15, -0.1) is 0 Å². The quantitative estimate of drug-likeness (QED) is 0.103. The highest BCUT2D eigenvalue weighted by atomic mass is 16.5. The number of fused-ring (bicyclic) bond motifs is 1. The monoisotopic (exact) mass is 601 g/mol. The van der Waals surface area contributed by atoms with Crippen LogP contribution in [-0.2, 0) is 28.9 Å². The first-order valence-corrected chi connectivity index (χ1v) is 15.9. The molecule has 0 amide bonds. The number of unbranched alkanes of at least 4 members (excludes halogenated alkanes) is 4. The van der Waals surface area contributed by atoms with Gasteiger partial charge in [0.2, 0.25) is 0 Å². The zero-order chi connectivity index (χ0) is 31.7. The number of hydrogen-bond donors (Lipinski definition) is 4. The standard InChI is InChI=1S/C36H47N3O5/c1-4-6-7-8-9-10-27(41)21-28(42)14-11-24-19-31(34(43)32(20-24)44-3)33-29-16-18-38-35(37)30(29)15-17-36(33,23-40)22-26-13-12-25(5-2)39-26/h12-13,15-20,33,39-40,43H,4-11,14,21-23H2,1-3H3,(H2,37,38). The molecule has 2 heterocycles. The van der Waals surface area contributed by atoms with Gasteiger partial charge in [0, 0.05) is 52.9 Å². The number of benzene rings is 1. The van der Waals surface area contributed by atoms with Crippen molar-refractivity contribution < 1.29 is 24.5 Å². The molecule has 8 heteroatoms. The Kier molecular flexibility index (Phi) is 11.4. The fraction of sp³-hybridized carbons (Fsp3) is 0.472. The van der Waals surface area contributed by atoms with E-state index in [-0.39, 0.29) is 42.5 Å². The van der Waals surface area contributed by atoms with Crippen molar-refractivity contribution in [3.63, 3.8) is 0 Å². The summed E-state index contributed by atoms with van der Waals surface area (Å²) in [7, 11) is 1.49. The smallest absolute Gasteiger partial charge is 0.161 e. The Morgan fingerprint density at radius 3 is 2.48 bits per heavy atom. The third kappa shape index (κ3) is 7.59. The number of nitrogen functional groups attached to an aromatic ring is 1. The number of aliphatic hydroxyl groups is 1. The number of nitrogens with one attached hydrogen (secondary N) is 1. The first-order chi connectivity index (χ1) is 21.2. The lowest BCUT2D eigenvalue weighted by Gasteiger charge is -2.41. The lowest BCUT2D eigenvalue weighted by molar-refractivity contribution is -0.127. The number of nitrogens with two attached hydrogens (primary N) is 1. The van der Waals surface area contributed by atoms with Gasteiger partial charge in [0.1, 0.15) is 17.4 Å². The van der Waals surface area contributed by atoms with E-state index in [1.807, 2.05) is 36.4 Å². The molecule has 0 aliphatic heterocycles. The predicted octanol–water partition coefficient (Wildman–Crippen LogP) is 6.47. The third-order valence-electron chi connectivity index (χ3n) is 8.87. The summed E-state index contributed by atoms with van der Waals surface area (Å²) in [6, 6.07) is 9.59. The first kappa shape index (κ1) is 33.0. The average Bonchev–Trinajstić information content (AvgIpc) is 3.48. The molecule has 0 saturated carbocycles. The first-order valence-electron chi connectivity index (χ1n) is 15.9. The normalized spacial score (nSPS) is 17.4. The van der Waals surface area contributed by atoms with Crippen LogP contribution in [0.1, 0.15) is 105 Å². The number of aryl methyl sites for hydroxylation is 2. The molecule has 2 atom stereocenters. The summed E-state index contributed by atoms with van der Waals surface area (Å²) in [6.07, 6.45) is 13.2. The summed E-state index contributed by atoms with van der Waals surface area (Å²) < 4.78 is 5.60. The second kappa shape index (κ2) is 15.2. The van der Waals surface area contributed by atoms with Crippen molar-refractivity contribution in [1.29, 1.82) is 0 Å². The molecular weight excluding hydrogens is 554 g/mol. The molecule has 1 aliphatic carbocycles. The van der Waals surface area contributed by atoms with E-state index in [0.717, 1.165) is 60.2 Å². The van der Waals surface area contributed by atoms with Gasteiger partial charge in [-0.25, -0.2) is 4.98 Å². The van der Waals surface area contributed by atoms with E-state index in [9.17, 15) is 19.8 Å². The summed E-state index contributed by atoms with van der Waals surface area (Å²) in [5.74, 6) is 0.0320. The number of ketones is 2. The molecule has 1 aromatic carbocycles. The van der Waals surface area contributed by atoms with Gasteiger partial charge in [0.15, 0.2) is 11.5 Å². The Bertz CT molecular complexity index is 1480. The van der Waals surface area contributed by atoms with Gasteiger partial charge in [-0.1, -0.05) is 57.7 Å². The van der Waals surface area contributed by atoms with E-state index >= 15 is 0 Å². The minimum absolute atomic E-state index is 0.00412. The summed E-state index contributed by atoms with van der Waals surface area (Å²) in [4.78, 5) is 32.9. The maximum Gasteiger partial charge on any atom is 0.161 e. The van der Waals surface area contributed by atoms with E-state index in [1.54, 1.807) is 12.3 Å². The second-order valence-electron chi connectivity index (χ2n) is 12.1. The van der Waals surface area contributed by atoms with Crippen molar-refractivity contribution in [2.45, 2.75) is 90.4 Å². The lowest BCUT2D eigenvalue weighted by Crippen LogP contribution is -2.36. The minimum atomic E-state index is -0.822. The Labute approximate surface area is 260 Å². The molecule has 0 saturated heterocycles. The van der Waals surface area contributed by atoms with Crippen molar-refractivity contribution in [3.05, 3.63) is 76.2 Å². The van der Waals surface area contributed by atoms with Crippen LogP contribution in [0.3, 0.4) is 0 Å². The molecule has 0 fully saturated rings. The van der Waals surface area contributed by atoms with Crippen LogP contribution in [0.5, 0.6) is 11.5 Å². The van der Waals surface area contributed by atoms with Gasteiger partial charge in [-0.2, -0.15) is 0 Å². The minimum Gasteiger partial charge on any atom is -0.504 e. The third-order valence-corrected chi connectivity index (χ3v) is 8.87. The molecule has 0 radical (unpaired) electrons. The van der Waals surface area contributed by atoms with Crippen LogP contribution in [0.25, 0.3) is 6.08 Å². The number of hydrogen-bond acceptors (Lipinski definition) is 7. The summed E-state index contributed by atoms with van der Waals surface area (Å²) in [5.41, 5.74) is 10.5. The zero-order valence-corrected chi connectivity index (χ0v) is 26.3. The number of carbonyl (C=O) groups excluding carboxylic acids is 2. The van der Waals surface area contributed by atoms with Crippen molar-refractivity contribution in [3.8, 4) is 11.5 Å². The molecule has 44 heavy (non-hydrogen) atoms. The summed E-state index contributed by atoms with van der Waals surface area (Å²) >= 11 is 0. The SMILES string of the molecule is CCCCCCCC(=O)CC(=O)CCc1cc(OC)c(O)c(C2c3ccnc(N)c3C=CC2(CO)Cc2ccc(CC)[nH]2)c1. The maximum atomic E-state index is 12.8. The predicted molar refractivity (Wildman–Crippen MR) is 174 cm³/mol. The highest BCUT2D eigenvalue weighted by molar-refractivity contribution is 5.99. The molecule has 2 aromatic heterocycles. The van der Waals surface area contributed by atoms with E-state index in [0.29, 0.717) is 30.6 Å². The number of phenols is 1. The summed E-state index contributed by atoms with van der Waals surface area (Å²) in [6.45, 7) is 4.04. The van der Waals surface area contributed by atoms with Crippen molar-refractivity contribution >= 4 is 23.5 Å². The van der Waals surface area contributed by atoms with Gasteiger partial charge in [-0.05, 0) is 61.1 Å². The van der Waals surface area contributed by atoms with E-state index in [2.05, 4.69) is 23.8 Å². The van der Waals surface area contributed by atoms with Crippen LogP contribution >= 0.6 is 0 Å². The molecular formula is C36H47N3O5. The number of ether oxygens (including phenoxy) is 1. The van der Waals surface area contributed by atoms with Gasteiger partial charge in [0.05, 0.1) is 20.1 Å². The number of carbonyl (C=O) groups is 2. The highest BCUT2D eigenvalue weighted by Crippen LogP contribution is 2.53. The van der Waals surface area contributed by atoms with Crippen molar-refractivity contribution in [2.24, 2.45) is 5.41 Å². The van der Waals surface area contributed by atoms with E-state index < -0.39 is 11.3 Å². The van der Waals surface area contributed by atoms with Crippen molar-refractivity contribution in [2.75, 3.05) is 19.5 Å². The molecule has 236 valence electrons. The van der Waals surface area contributed by atoms with E-state index in [1.165, 1.54) is 13.5 Å². The lowest BCUT2D eigenvalue weighted by atomic mass is 9.63. The number of anilines is 1.